The second kappa shape index (κ2) is 13.4. The van der Waals surface area contributed by atoms with Gasteiger partial charge in [-0.25, -0.2) is 0 Å². The molecule has 4 heteroatoms. The lowest BCUT2D eigenvalue weighted by atomic mass is 10.0. The fourth-order valence-electron chi connectivity index (χ4n) is 2.20. The highest BCUT2D eigenvalue weighted by Gasteiger charge is 2.13. The Labute approximate surface area is 142 Å². The maximum atomic E-state index is 11.7. The molecule has 3 atom stereocenters. The van der Waals surface area contributed by atoms with Gasteiger partial charge in [0.15, 0.2) is 0 Å². The zero-order valence-corrected chi connectivity index (χ0v) is 15.7. The molecule has 0 aliphatic heterocycles. The van der Waals surface area contributed by atoms with E-state index in [1.165, 1.54) is 0 Å². The standard InChI is InChI=1S/C19H36O4/c1-6-15(3)10-8-12-18(20)22-14-17(5)23-19(21)13-9-11-16(4)7-2/h15-17H,6-14H2,1-5H3. The van der Waals surface area contributed by atoms with Gasteiger partial charge in [0.05, 0.1) is 0 Å². The Balaban J connectivity index is 3.70. The van der Waals surface area contributed by atoms with Gasteiger partial charge < -0.3 is 9.47 Å². The maximum Gasteiger partial charge on any atom is 0.306 e. The van der Waals surface area contributed by atoms with E-state index in [0.29, 0.717) is 24.7 Å². The van der Waals surface area contributed by atoms with Crippen LogP contribution in [0.15, 0.2) is 0 Å². The molecule has 4 nitrogen and oxygen atoms in total. The van der Waals surface area contributed by atoms with Crippen molar-refractivity contribution in [1.82, 2.24) is 0 Å². The Morgan fingerprint density at radius 1 is 0.826 bits per heavy atom. The quantitative estimate of drug-likeness (QED) is 0.451. The number of hydrogen-bond donors (Lipinski definition) is 0. The highest BCUT2D eigenvalue weighted by Crippen LogP contribution is 2.13. The van der Waals surface area contributed by atoms with Gasteiger partial charge in [0.1, 0.15) is 12.7 Å². The predicted molar refractivity (Wildman–Crippen MR) is 93.1 cm³/mol. The van der Waals surface area contributed by atoms with Crippen LogP contribution in [0.25, 0.3) is 0 Å². The zero-order chi connectivity index (χ0) is 17.7. The predicted octanol–water partition coefficient (Wildman–Crippen LogP) is 4.89. The summed E-state index contributed by atoms with van der Waals surface area (Å²) in [6, 6.07) is 0. The summed E-state index contributed by atoms with van der Waals surface area (Å²) in [5.74, 6) is 0.899. The molecule has 0 saturated heterocycles. The van der Waals surface area contributed by atoms with E-state index in [4.69, 9.17) is 9.47 Å². The average Bonchev–Trinajstić information content (AvgIpc) is 2.52. The van der Waals surface area contributed by atoms with Gasteiger partial charge in [-0.1, -0.05) is 53.4 Å². The minimum Gasteiger partial charge on any atom is -0.462 e. The molecular formula is C19H36O4. The first-order valence-electron chi connectivity index (χ1n) is 9.24. The first kappa shape index (κ1) is 21.9. The first-order valence-corrected chi connectivity index (χ1v) is 9.24. The highest BCUT2D eigenvalue weighted by molar-refractivity contribution is 5.70. The van der Waals surface area contributed by atoms with Crippen molar-refractivity contribution in [2.75, 3.05) is 6.61 Å². The number of hydrogen-bond acceptors (Lipinski definition) is 4. The van der Waals surface area contributed by atoms with Crippen LogP contribution in [0, 0.1) is 11.8 Å². The van der Waals surface area contributed by atoms with Gasteiger partial charge in [0.25, 0.3) is 0 Å². The third-order valence-corrected chi connectivity index (χ3v) is 4.36. The normalized spacial score (nSPS) is 14.8. The molecule has 0 fully saturated rings. The molecule has 0 heterocycles. The van der Waals surface area contributed by atoms with Crippen molar-refractivity contribution in [3.05, 3.63) is 0 Å². The van der Waals surface area contributed by atoms with Gasteiger partial charge in [0, 0.05) is 12.8 Å². The summed E-state index contributed by atoms with van der Waals surface area (Å²) in [7, 11) is 0. The monoisotopic (exact) mass is 328 g/mol. The summed E-state index contributed by atoms with van der Waals surface area (Å²) >= 11 is 0. The minimum atomic E-state index is -0.371. The molecule has 0 aromatic heterocycles. The lowest BCUT2D eigenvalue weighted by Crippen LogP contribution is -2.22. The van der Waals surface area contributed by atoms with Gasteiger partial charge in [-0.2, -0.15) is 0 Å². The first-order chi connectivity index (χ1) is 10.9. The van der Waals surface area contributed by atoms with E-state index in [0.717, 1.165) is 38.5 Å². The van der Waals surface area contributed by atoms with Crippen LogP contribution in [-0.2, 0) is 19.1 Å². The Kier molecular flexibility index (Phi) is 12.8. The molecule has 0 radical (unpaired) electrons. The topological polar surface area (TPSA) is 52.6 Å². The van der Waals surface area contributed by atoms with Crippen molar-refractivity contribution in [3.63, 3.8) is 0 Å². The molecule has 0 aromatic rings. The Morgan fingerprint density at radius 2 is 1.30 bits per heavy atom. The fourth-order valence-corrected chi connectivity index (χ4v) is 2.20. The van der Waals surface area contributed by atoms with Crippen LogP contribution in [-0.4, -0.2) is 24.6 Å². The van der Waals surface area contributed by atoms with Gasteiger partial charge in [0.2, 0.25) is 0 Å². The number of carbonyl (C=O) groups is 2. The molecule has 0 aliphatic rings. The van der Waals surface area contributed by atoms with E-state index >= 15 is 0 Å². The molecule has 0 bridgehead atoms. The number of carbonyl (C=O) groups excluding carboxylic acids is 2. The van der Waals surface area contributed by atoms with Crippen LogP contribution in [0.4, 0.5) is 0 Å². The van der Waals surface area contributed by atoms with Crippen LogP contribution < -0.4 is 0 Å². The fraction of sp³-hybridized carbons (Fsp3) is 0.895. The van der Waals surface area contributed by atoms with Crippen molar-refractivity contribution in [2.45, 2.75) is 92.1 Å². The van der Waals surface area contributed by atoms with Gasteiger partial charge in [-0.05, 0) is 31.6 Å². The number of rotatable bonds is 13. The molecule has 136 valence electrons. The molecule has 0 spiro atoms. The summed E-state index contributed by atoms with van der Waals surface area (Å²) in [6.07, 6.45) is 6.60. The van der Waals surface area contributed by atoms with Crippen LogP contribution >= 0.6 is 0 Å². The van der Waals surface area contributed by atoms with E-state index < -0.39 is 0 Å². The Bertz CT molecular complexity index is 327. The Hall–Kier alpha value is -1.06. The highest BCUT2D eigenvalue weighted by atomic mass is 16.6. The minimum absolute atomic E-state index is 0.152. The molecule has 23 heavy (non-hydrogen) atoms. The average molecular weight is 328 g/mol. The Morgan fingerprint density at radius 3 is 1.78 bits per heavy atom. The largest absolute Gasteiger partial charge is 0.462 e. The van der Waals surface area contributed by atoms with Crippen molar-refractivity contribution in [1.29, 1.82) is 0 Å². The maximum absolute atomic E-state index is 11.7. The molecule has 3 unspecified atom stereocenters. The molecule has 0 saturated carbocycles. The molecule has 0 aliphatic carbocycles. The molecule has 0 rings (SSSR count). The van der Waals surface area contributed by atoms with E-state index in [9.17, 15) is 9.59 Å². The van der Waals surface area contributed by atoms with Crippen molar-refractivity contribution in [2.24, 2.45) is 11.8 Å². The molecule has 0 amide bonds. The van der Waals surface area contributed by atoms with Crippen LogP contribution in [0.1, 0.15) is 86.0 Å². The second-order valence-electron chi connectivity index (χ2n) is 6.79. The second-order valence-corrected chi connectivity index (χ2v) is 6.79. The third kappa shape index (κ3) is 13.1. The molecular weight excluding hydrogens is 292 g/mol. The molecule has 0 aromatic carbocycles. The molecule has 0 N–H and O–H groups in total. The van der Waals surface area contributed by atoms with E-state index in [1.807, 2.05) is 0 Å². The summed E-state index contributed by atoms with van der Waals surface area (Å²) in [4.78, 5) is 23.3. The number of esters is 2. The van der Waals surface area contributed by atoms with Crippen LogP contribution in [0.3, 0.4) is 0 Å². The van der Waals surface area contributed by atoms with Gasteiger partial charge in [-0.15, -0.1) is 0 Å². The number of ether oxygens (including phenoxy) is 2. The third-order valence-electron chi connectivity index (χ3n) is 4.36. The van der Waals surface area contributed by atoms with Crippen molar-refractivity contribution < 1.29 is 19.1 Å². The summed E-state index contributed by atoms with van der Waals surface area (Å²) in [5.41, 5.74) is 0. The van der Waals surface area contributed by atoms with E-state index in [1.54, 1.807) is 6.92 Å². The van der Waals surface area contributed by atoms with Crippen molar-refractivity contribution >= 4 is 11.9 Å². The van der Waals surface area contributed by atoms with Crippen molar-refractivity contribution in [3.8, 4) is 0 Å². The van der Waals surface area contributed by atoms with Gasteiger partial charge >= 0.3 is 11.9 Å². The zero-order valence-electron chi connectivity index (χ0n) is 15.7. The smallest absolute Gasteiger partial charge is 0.306 e. The van der Waals surface area contributed by atoms with E-state index in [2.05, 4.69) is 27.7 Å². The van der Waals surface area contributed by atoms with Crippen LogP contribution in [0.5, 0.6) is 0 Å². The SMILES string of the molecule is CCC(C)CCCC(=O)OCC(C)OC(=O)CCCC(C)CC. The van der Waals surface area contributed by atoms with Gasteiger partial charge in [-0.3, -0.25) is 9.59 Å². The van der Waals surface area contributed by atoms with E-state index in [-0.39, 0.29) is 24.6 Å². The lowest BCUT2D eigenvalue weighted by molar-refractivity contribution is -0.158. The summed E-state index contributed by atoms with van der Waals surface area (Å²) in [6.45, 7) is 10.6. The lowest BCUT2D eigenvalue weighted by Gasteiger charge is -2.14. The van der Waals surface area contributed by atoms with Crippen LogP contribution in [0.2, 0.25) is 0 Å². The summed E-state index contributed by atoms with van der Waals surface area (Å²) in [5, 5.41) is 0. The summed E-state index contributed by atoms with van der Waals surface area (Å²) < 4.78 is 10.4.